The predicted octanol–water partition coefficient (Wildman–Crippen LogP) is -0.499. The van der Waals surface area contributed by atoms with Gasteiger partial charge in [0, 0.05) is 17.0 Å². The van der Waals surface area contributed by atoms with Crippen LogP contribution in [0.3, 0.4) is 0 Å². The van der Waals surface area contributed by atoms with Gasteiger partial charge in [-0.05, 0) is 50.2 Å². The quantitative estimate of drug-likeness (QED) is 0.288. The molecule has 0 spiro atoms. The number of benzene rings is 2. The molecule has 0 bridgehead atoms. The van der Waals surface area contributed by atoms with Crippen molar-refractivity contribution in [1.82, 2.24) is 4.90 Å². The summed E-state index contributed by atoms with van der Waals surface area (Å²) in [6.07, 6.45) is 0.721. The van der Waals surface area contributed by atoms with Gasteiger partial charge in [-0.25, -0.2) is 4.79 Å². The van der Waals surface area contributed by atoms with Crippen LogP contribution in [0.1, 0.15) is 30.6 Å². The van der Waals surface area contributed by atoms with E-state index in [9.17, 15) is 9.59 Å². The normalized spacial score (nSPS) is 13.8. The topological polar surface area (TPSA) is 88.0 Å². The van der Waals surface area contributed by atoms with E-state index in [0.29, 0.717) is 53.3 Å². The number of amides is 1. The van der Waals surface area contributed by atoms with Crippen molar-refractivity contribution in [2.75, 3.05) is 60.7 Å². The number of piperazine rings is 1. The summed E-state index contributed by atoms with van der Waals surface area (Å²) < 4.78 is 27.3. The van der Waals surface area contributed by atoms with Crippen LogP contribution in [0.5, 0.6) is 23.0 Å². The Labute approximate surface area is 235 Å². The number of hydrogen-bond donors (Lipinski definition) is 1. The van der Waals surface area contributed by atoms with Gasteiger partial charge < -0.3 is 45.9 Å². The fourth-order valence-corrected chi connectivity index (χ4v) is 4.29. The van der Waals surface area contributed by atoms with Crippen LogP contribution in [0.25, 0.3) is 0 Å². The van der Waals surface area contributed by atoms with Gasteiger partial charge in [0.1, 0.15) is 5.75 Å². The van der Waals surface area contributed by atoms with Gasteiger partial charge in [0.15, 0.2) is 17.1 Å². The lowest BCUT2D eigenvalue weighted by molar-refractivity contribution is -0.904. The van der Waals surface area contributed by atoms with Crippen LogP contribution in [0, 0.1) is 0 Å². The Morgan fingerprint density at radius 1 is 0.974 bits per heavy atom. The number of hydrogen-bond acceptors (Lipinski definition) is 7. The standard InChI is InChI=1S/C27H35ClN2O7.ClH/c1-27(2,37-21-9-7-20(28)8-10-21)26(32)36-16-6-11-29-12-14-30(15-13-29)25(31)19-17-22(33-3)24(35-5)23(18-19)34-4;/h7-10,17-18H,6,11-16H2,1-5H3;1H. The molecule has 0 radical (unpaired) electrons. The maximum Gasteiger partial charge on any atom is 0.349 e. The van der Waals surface area contributed by atoms with E-state index in [4.69, 9.17) is 35.3 Å². The number of halogens is 2. The van der Waals surface area contributed by atoms with Gasteiger partial charge in [0.05, 0.1) is 60.7 Å². The second-order valence-electron chi connectivity index (χ2n) is 9.26. The Kier molecular flexibility index (Phi) is 11.8. The number of nitrogens with zero attached hydrogens (tertiary/aromatic N) is 1. The summed E-state index contributed by atoms with van der Waals surface area (Å²) in [5.41, 5.74) is -0.618. The van der Waals surface area contributed by atoms with Crippen LogP contribution in [0.4, 0.5) is 0 Å². The highest BCUT2D eigenvalue weighted by molar-refractivity contribution is 6.30. The number of ether oxygens (including phenoxy) is 5. The molecule has 1 aliphatic heterocycles. The molecule has 0 saturated carbocycles. The average molecular weight is 571 g/mol. The second-order valence-corrected chi connectivity index (χ2v) is 9.70. The van der Waals surface area contributed by atoms with E-state index in [2.05, 4.69) is 0 Å². The highest BCUT2D eigenvalue weighted by atomic mass is 35.5. The van der Waals surface area contributed by atoms with Crippen LogP contribution in [0.15, 0.2) is 36.4 Å². The third kappa shape index (κ3) is 8.06. The molecule has 0 atom stereocenters. The van der Waals surface area contributed by atoms with Crippen molar-refractivity contribution in [3.05, 3.63) is 47.0 Å². The Balaban J connectivity index is 0.00000507. The minimum atomic E-state index is -1.11. The van der Waals surface area contributed by atoms with Gasteiger partial charge in [0.25, 0.3) is 5.91 Å². The molecule has 1 N–H and O–H groups in total. The molecule has 0 unspecified atom stereocenters. The van der Waals surface area contributed by atoms with Crippen molar-refractivity contribution in [3.8, 4) is 23.0 Å². The second kappa shape index (κ2) is 14.3. The molecular formula is C27H36Cl2N2O7. The lowest BCUT2D eigenvalue weighted by atomic mass is 10.1. The molecule has 11 heteroatoms. The van der Waals surface area contributed by atoms with Crippen LogP contribution in [0.2, 0.25) is 5.02 Å². The number of rotatable bonds is 11. The first kappa shape index (κ1) is 31.3. The fraction of sp³-hybridized carbons (Fsp3) is 0.481. The Hall–Kier alpha value is -2.88. The first-order valence-electron chi connectivity index (χ1n) is 12.2. The van der Waals surface area contributed by atoms with Gasteiger partial charge in [-0.1, -0.05) is 11.6 Å². The van der Waals surface area contributed by atoms with E-state index in [-0.39, 0.29) is 18.3 Å². The molecule has 2 aromatic carbocycles. The monoisotopic (exact) mass is 570 g/mol. The third-order valence-corrected chi connectivity index (χ3v) is 6.51. The molecule has 3 rings (SSSR count). The summed E-state index contributed by atoms with van der Waals surface area (Å²) >= 11 is 5.90. The number of esters is 1. The van der Waals surface area contributed by atoms with Gasteiger partial charge in [-0.2, -0.15) is 0 Å². The molecule has 1 aliphatic rings. The lowest BCUT2D eigenvalue weighted by Gasteiger charge is -2.32. The lowest BCUT2D eigenvalue weighted by Crippen LogP contribution is -3.14. The minimum Gasteiger partial charge on any atom is -1.00 e. The third-order valence-electron chi connectivity index (χ3n) is 6.26. The van der Waals surface area contributed by atoms with Crippen LogP contribution < -0.4 is 36.3 Å². The summed E-state index contributed by atoms with van der Waals surface area (Å²) in [5, 5.41) is 0.599. The number of carbonyl (C=O) groups excluding carboxylic acids is 2. The highest BCUT2D eigenvalue weighted by Crippen LogP contribution is 2.38. The van der Waals surface area contributed by atoms with E-state index in [0.717, 1.165) is 26.1 Å². The Morgan fingerprint density at radius 2 is 1.55 bits per heavy atom. The van der Waals surface area contributed by atoms with Crippen molar-refractivity contribution in [2.45, 2.75) is 25.9 Å². The van der Waals surface area contributed by atoms with Crippen molar-refractivity contribution in [2.24, 2.45) is 0 Å². The largest absolute Gasteiger partial charge is 1.00 e. The highest BCUT2D eigenvalue weighted by Gasteiger charge is 2.32. The summed E-state index contributed by atoms with van der Waals surface area (Å²) in [5.74, 6) is 1.41. The van der Waals surface area contributed by atoms with Gasteiger partial charge in [-0.15, -0.1) is 0 Å². The number of carbonyl (C=O) groups is 2. The molecule has 2 aromatic rings. The number of methoxy groups -OCH3 is 3. The summed E-state index contributed by atoms with van der Waals surface area (Å²) in [7, 11) is 4.58. The van der Waals surface area contributed by atoms with Gasteiger partial charge >= 0.3 is 5.97 Å². The average Bonchev–Trinajstić information content (AvgIpc) is 2.91. The van der Waals surface area contributed by atoms with Crippen LogP contribution in [-0.2, 0) is 9.53 Å². The molecule has 9 nitrogen and oxygen atoms in total. The van der Waals surface area contributed by atoms with Gasteiger partial charge in [-0.3, -0.25) is 4.79 Å². The maximum absolute atomic E-state index is 13.1. The summed E-state index contributed by atoms with van der Waals surface area (Å²) in [6, 6.07) is 10.2. The molecule has 210 valence electrons. The smallest absolute Gasteiger partial charge is 0.349 e. The SMILES string of the molecule is COc1cc(C(=O)N2CC[NH+](CCCOC(=O)C(C)(C)Oc3ccc(Cl)cc3)CC2)cc(OC)c1OC.[Cl-]. The Bertz CT molecular complexity index is 1050. The molecule has 0 aliphatic carbocycles. The zero-order chi connectivity index (χ0) is 27.0. The first-order chi connectivity index (χ1) is 17.7. The fourth-order valence-electron chi connectivity index (χ4n) is 4.16. The molecule has 1 heterocycles. The molecule has 1 amide bonds. The summed E-state index contributed by atoms with van der Waals surface area (Å²) in [4.78, 5) is 28.8. The molecule has 1 fully saturated rings. The zero-order valence-electron chi connectivity index (χ0n) is 22.5. The molecule has 0 aromatic heterocycles. The number of quaternary nitrogens is 1. The zero-order valence-corrected chi connectivity index (χ0v) is 24.0. The molecule has 1 saturated heterocycles. The first-order valence-corrected chi connectivity index (χ1v) is 12.6. The van der Waals surface area contributed by atoms with Crippen LogP contribution >= 0.6 is 11.6 Å². The summed E-state index contributed by atoms with van der Waals surface area (Å²) in [6.45, 7) is 7.41. The van der Waals surface area contributed by atoms with Crippen LogP contribution in [-0.4, -0.2) is 83.0 Å². The van der Waals surface area contributed by atoms with Crippen molar-refractivity contribution in [3.63, 3.8) is 0 Å². The van der Waals surface area contributed by atoms with Crippen molar-refractivity contribution < 1.29 is 50.6 Å². The van der Waals surface area contributed by atoms with Gasteiger partial charge in [0.2, 0.25) is 5.75 Å². The van der Waals surface area contributed by atoms with E-state index >= 15 is 0 Å². The predicted molar refractivity (Wildman–Crippen MR) is 139 cm³/mol. The maximum atomic E-state index is 13.1. The Morgan fingerprint density at radius 3 is 2.08 bits per heavy atom. The van der Waals surface area contributed by atoms with E-state index in [1.54, 1.807) is 50.2 Å². The minimum absolute atomic E-state index is 0. The molecular weight excluding hydrogens is 535 g/mol. The van der Waals surface area contributed by atoms with E-state index in [1.807, 2.05) is 4.90 Å². The van der Waals surface area contributed by atoms with E-state index < -0.39 is 11.6 Å². The van der Waals surface area contributed by atoms with Crippen molar-refractivity contribution >= 4 is 23.5 Å². The number of nitrogens with one attached hydrogen (secondary N) is 1. The van der Waals surface area contributed by atoms with Crippen molar-refractivity contribution in [1.29, 1.82) is 0 Å². The van der Waals surface area contributed by atoms with E-state index in [1.165, 1.54) is 26.2 Å². The molecule has 38 heavy (non-hydrogen) atoms.